The van der Waals surface area contributed by atoms with E-state index < -0.39 is 47.3 Å². The van der Waals surface area contributed by atoms with Crippen LogP contribution in [0.1, 0.15) is 73.6 Å². The Balaban J connectivity index is 1.93. The van der Waals surface area contributed by atoms with Crippen LogP contribution in [0.25, 0.3) is 11.5 Å². The predicted octanol–water partition coefficient (Wildman–Crippen LogP) is 7.05. The molecule has 2 aromatic heterocycles. The number of hydrogen-bond donors (Lipinski definition) is 1. The van der Waals surface area contributed by atoms with Crippen LogP contribution in [-0.2, 0) is 28.6 Å². The van der Waals surface area contributed by atoms with E-state index in [1.54, 1.807) is 18.2 Å². The molecule has 11 heteroatoms. The number of Topliss-reactive ketones (excluding diaryl/α,β-unsaturated/α-hetero) is 1. The fourth-order valence-corrected chi connectivity index (χ4v) is 4.29. The maximum Gasteiger partial charge on any atom is 0.422 e. The summed E-state index contributed by atoms with van der Waals surface area (Å²) in [5.74, 6) is -2.62. The van der Waals surface area contributed by atoms with Gasteiger partial charge in [0.2, 0.25) is 5.76 Å². The summed E-state index contributed by atoms with van der Waals surface area (Å²) in [4.78, 5) is 24.1. The van der Waals surface area contributed by atoms with Crippen molar-refractivity contribution in [2.24, 2.45) is 5.92 Å². The summed E-state index contributed by atoms with van der Waals surface area (Å²) in [6.07, 6.45) is -4.83. The van der Waals surface area contributed by atoms with Crippen LogP contribution in [-0.4, -0.2) is 27.2 Å². The van der Waals surface area contributed by atoms with Crippen LogP contribution in [0.4, 0.5) is 13.2 Å². The molecule has 0 aliphatic heterocycles. The molecular formula is C26H28ClF3N2O5. The molecule has 0 saturated carbocycles. The highest BCUT2D eigenvalue weighted by atomic mass is 35.5. The number of carboxylic acids is 1. The lowest BCUT2D eigenvalue weighted by Gasteiger charge is -2.16. The van der Waals surface area contributed by atoms with Gasteiger partial charge in [-0.2, -0.15) is 13.2 Å². The first-order chi connectivity index (χ1) is 17.3. The molecule has 2 heterocycles. The Morgan fingerprint density at radius 3 is 2.46 bits per heavy atom. The molecule has 1 aromatic carbocycles. The maximum absolute atomic E-state index is 14.2. The van der Waals surface area contributed by atoms with E-state index in [1.165, 1.54) is 6.07 Å². The normalized spacial score (nSPS) is 12.8. The Kier molecular flexibility index (Phi) is 9.17. The summed E-state index contributed by atoms with van der Waals surface area (Å²) in [7, 11) is 0. The number of rotatable bonds is 12. The van der Waals surface area contributed by atoms with Crippen molar-refractivity contribution in [1.82, 2.24) is 10.3 Å². The number of hydrogen-bond acceptors (Lipinski definition) is 6. The van der Waals surface area contributed by atoms with Gasteiger partial charge in [-0.3, -0.25) is 9.59 Å². The number of carbonyl (C=O) groups excluding carboxylic acids is 1. The number of aliphatic carboxylic acids is 1. The van der Waals surface area contributed by atoms with Gasteiger partial charge in [-0.25, -0.2) is 0 Å². The molecule has 200 valence electrons. The molecule has 1 N–H and O–H groups in total. The Bertz CT molecular complexity index is 1250. The summed E-state index contributed by atoms with van der Waals surface area (Å²) in [6, 6.07) is 6.51. The third kappa shape index (κ3) is 7.67. The molecule has 0 radical (unpaired) electrons. The zero-order valence-electron chi connectivity index (χ0n) is 20.7. The van der Waals surface area contributed by atoms with E-state index in [1.807, 2.05) is 20.8 Å². The minimum Gasteiger partial charge on any atom is -0.481 e. The summed E-state index contributed by atoms with van der Waals surface area (Å²) in [5, 5.41) is 16.9. The van der Waals surface area contributed by atoms with Gasteiger partial charge in [0.15, 0.2) is 5.69 Å². The molecule has 0 fully saturated rings. The number of carbonyl (C=O) groups is 2. The van der Waals surface area contributed by atoms with Gasteiger partial charge in [-0.1, -0.05) is 47.9 Å². The SMILES string of the molecule is Cc1ccc(CC(=O)C[C@H](CCC(=O)O)c2noc(-c3cc(CCC(C)C)on3)c2C(F)(F)F)c(Cl)c1. The number of alkyl halides is 3. The van der Waals surface area contributed by atoms with Crippen molar-refractivity contribution >= 4 is 23.4 Å². The van der Waals surface area contributed by atoms with Crippen LogP contribution in [0.2, 0.25) is 5.02 Å². The summed E-state index contributed by atoms with van der Waals surface area (Å²) >= 11 is 6.21. The average molecular weight is 541 g/mol. The highest BCUT2D eigenvalue weighted by Crippen LogP contribution is 2.43. The summed E-state index contributed by atoms with van der Waals surface area (Å²) < 4.78 is 53.0. The van der Waals surface area contributed by atoms with E-state index >= 15 is 0 Å². The fourth-order valence-electron chi connectivity index (χ4n) is 3.99. The third-order valence-corrected chi connectivity index (χ3v) is 6.28. The first kappa shape index (κ1) is 28.4. The van der Waals surface area contributed by atoms with Crippen molar-refractivity contribution in [2.45, 2.75) is 71.4 Å². The quantitative estimate of drug-likeness (QED) is 0.262. The Morgan fingerprint density at radius 2 is 1.84 bits per heavy atom. The van der Waals surface area contributed by atoms with Crippen molar-refractivity contribution in [3.63, 3.8) is 0 Å². The Morgan fingerprint density at radius 1 is 1.11 bits per heavy atom. The summed E-state index contributed by atoms with van der Waals surface area (Å²) in [5.41, 5.74) is -0.459. The van der Waals surface area contributed by atoms with E-state index in [2.05, 4.69) is 10.3 Å². The van der Waals surface area contributed by atoms with Gasteiger partial charge < -0.3 is 14.2 Å². The molecule has 0 amide bonds. The van der Waals surface area contributed by atoms with Gasteiger partial charge in [-0.05, 0) is 42.9 Å². The van der Waals surface area contributed by atoms with E-state index in [4.69, 9.17) is 25.8 Å². The second-order valence-corrected chi connectivity index (χ2v) is 9.93. The zero-order valence-corrected chi connectivity index (χ0v) is 21.4. The standard InChI is InChI=1S/C26H28ClF3N2O5/c1-14(2)4-8-19-13-21(31-36-19)25-23(26(28,29)30)24(32-37-25)17(7-9-22(34)35)12-18(33)11-16-6-5-15(3)10-20(16)27/h5-6,10,13-14,17H,4,7-9,11-12H2,1-3H3,(H,34,35)/t17-/m0/s1. The van der Waals surface area contributed by atoms with Gasteiger partial charge in [0.05, 0.1) is 0 Å². The smallest absolute Gasteiger partial charge is 0.422 e. The zero-order chi connectivity index (χ0) is 27.3. The number of aromatic nitrogens is 2. The van der Waals surface area contributed by atoms with Gasteiger partial charge >= 0.3 is 12.1 Å². The maximum atomic E-state index is 14.2. The molecule has 37 heavy (non-hydrogen) atoms. The second-order valence-electron chi connectivity index (χ2n) is 9.52. The highest BCUT2D eigenvalue weighted by Gasteiger charge is 2.43. The van der Waals surface area contributed by atoms with Crippen molar-refractivity contribution in [3.8, 4) is 11.5 Å². The van der Waals surface area contributed by atoms with Crippen LogP contribution in [0.15, 0.2) is 33.3 Å². The van der Waals surface area contributed by atoms with Crippen LogP contribution >= 0.6 is 11.6 Å². The molecule has 3 aromatic rings. The molecule has 0 saturated heterocycles. The number of ketones is 1. The topological polar surface area (TPSA) is 106 Å². The fraction of sp³-hybridized carbons (Fsp3) is 0.462. The number of carboxylic acid groups (broad SMARTS) is 1. The van der Waals surface area contributed by atoms with Gasteiger partial charge in [0, 0.05) is 42.7 Å². The van der Waals surface area contributed by atoms with Crippen LogP contribution in [0.5, 0.6) is 0 Å². The van der Waals surface area contributed by atoms with Crippen molar-refractivity contribution < 1.29 is 36.9 Å². The Labute approximate surface area is 217 Å². The highest BCUT2D eigenvalue weighted by molar-refractivity contribution is 6.31. The molecule has 1 atom stereocenters. The lowest BCUT2D eigenvalue weighted by molar-refractivity contribution is -0.138. The number of benzene rings is 1. The second kappa shape index (κ2) is 11.9. The van der Waals surface area contributed by atoms with Crippen molar-refractivity contribution in [3.05, 3.63) is 57.4 Å². The molecule has 0 bridgehead atoms. The van der Waals surface area contributed by atoms with Gasteiger partial charge in [0.1, 0.15) is 22.8 Å². The molecule has 3 rings (SSSR count). The van der Waals surface area contributed by atoms with Gasteiger partial charge in [-0.15, -0.1) is 0 Å². The number of nitrogens with zero attached hydrogens (tertiary/aromatic N) is 2. The van der Waals surface area contributed by atoms with Crippen molar-refractivity contribution in [1.29, 1.82) is 0 Å². The lowest BCUT2D eigenvalue weighted by Crippen LogP contribution is -2.16. The molecule has 0 spiro atoms. The summed E-state index contributed by atoms with van der Waals surface area (Å²) in [6.45, 7) is 5.85. The molecule has 0 aliphatic carbocycles. The van der Waals surface area contributed by atoms with E-state index in [0.29, 0.717) is 28.7 Å². The minimum atomic E-state index is -4.90. The van der Waals surface area contributed by atoms with E-state index in [9.17, 15) is 22.8 Å². The number of halogens is 4. The minimum absolute atomic E-state index is 0.114. The van der Waals surface area contributed by atoms with Gasteiger partial charge in [0.25, 0.3) is 0 Å². The molecule has 0 aliphatic rings. The van der Waals surface area contributed by atoms with Crippen LogP contribution < -0.4 is 0 Å². The van der Waals surface area contributed by atoms with E-state index in [-0.39, 0.29) is 25.0 Å². The van der Waals surface area contributed by atoms with E-state index in [0.717, 1.165) is 12.0 Å². The monoisotopic (exact) mass is 540 g/mol. The number of aryl methyl sites for hydroxylation is 2. The molecule has 7 nitrogen and oxygen atoms in total. The predicted molar refractivity (Wildman–Crippen MR) is 129 cm³/mol. The first-order valence-corrected chi connectivity index (χ1v) is 12.2. The lowest BCUT2D eigenvalue weighted by atomic mass is 9.88. The average Bonchev–Trinajstić information content (AvgIpc) is 3.44. The Hall–Kier alpha value is -3.14. The third-order valence-electron chi connectivity index (χ3n) is 5.93. The molecular weight excluding hydrogens is 513 g/mol. The first-order valence-electron chi connectivity index (χ1n) is 11.9. The van der Waals surface area contributed by atoms with Crippen LogP contribution in [0, 0.1) is 12.8 Å². The largest absolute Gasteiger partial charge is 0.481 e. The van der Waals surface area contributed by atoms with Crippen molar-refractivity contribution in [2.75, 3.05) is 0 Å². The molecule has 0 unspecified atom stereocenters. The van der Waals surface area contributed by atoms with Crippen LogP contribution in [0.3, 0.4) is 0 Å².